The summed E-state index contributed by atoms with van der Waals surface area (Å²) in [6, 6.07) is 6.56. The molecule has 0 aliphatic carbocycles. The van der Waals surface area contributed by atoms with Gasteiger partial charge in [0.2, 0.25) is 0 Å². The van der Waals surface area contributed by atoms with Gasteiger partial charge in [-0.15, -0.1) is 0 Å². The zero-order chi connectivity index (χ0) is 20.1. The summed E-state index contributed by atoms with van der Waals surface area (Å²) in [4.78, 5) is 27.1. The Bertz CT molecular complexity index is 723. The number of ether oxygens (including phenoxy) is 2. The van der Waals surface area contributed by atoms with Gasteiger partial charge in [0.1, 0.15) is 5.75 Å². The van der Waals surface area contributed by atoms with Crippen molar-refractivity contribution >= 4 is 11.7 Å². The molecule has 1 aliphatic heterocycles. The Morgan fingerprint density at radius 2 is 1.89 bits per heavy atom. The van der Waals surface area contributed by atoms with Gasteiger partial charge in [-0.25, -0.2) is 0 Å². The zero-order valence-electron chi connectivity index (χ0n) is 16.7. The van der Waals surface area contributed by atoms with Crippen molar-refractivity contribution in [3.63, 3.8) is 0 Å². The molecule has 2 rings (SSSR count). The van der Waals surface area contributed by atoms with Gasteiger partial charge in [-0.1, -0.05) is 32.0 Å². The molecule has 1 aromatic rings. The fourth-order valence-electron chi connectivity index (χ4n) is 3.25. The average molecular weight is 375 g/mol. The molecule has 1 unspecified atom stereocenters. The molecule has 1 N–H and O–H groups in total. The lowest BCUT2D eigenvalue weighted by molar-refractivity contribution is -0.130. The number of ketones is 1. The lowest BCUT2D eigenvalue weighted by atomic mass is 9.91. The van der Waals surface area contributed by atoms with Gasteiger partial charge in [0.15, 0.2) is 11.5 Å². The molecule has 1 aromatic carbocycles. The number of rotatable bonds is 9. The van der Waals surface area contributed by atoms with E-state index in [-0.39, 0.29) is 36.3 Å². The van der Waals surface area contributed by atoms with Crippen molar-refractivity contribution in [1.82, 2.24) is 4.90 Å². The minimum Gasteiger partial charge on any atom is -0.503 e. The molecular weight excluding hydrogens is 346 g/mol. The van der Waals surface area contributed by atoms with Crippen LogP contribution in [-0.4, -0.2) is 48.1 Å². The summed E-state index contributed by atoms with van der Waals surface area (Å²) < 4.78 is 11.0. The standard InChI is InChI=1S/C21H29NO5/c1-13(2)12-16(23)18-19(15-8-6-7-9-17(15)26-5)22(21(25)20(18)24)10-11-27-14(3)4/h6-9,13-14,19,24H,10-12H2,1-5H3. The monoisotopic (exact) mass is 375 g/mol. The van der Waals surface area contributed by atoms with Crippen LogP contribution in [0.4, 0.5) is 0 Å². The second-order valence-corrected chi connectivity index (χ2v) is 7.35. The predicted octanol–water partition coefficient (Wildman–Crippen LogP) is 3.43. The molecule has 1 atom stereocenters. The third kappa shape index (κ3) is 4.69. The molecule has 0 saturated heterocycles. The first-order chi connectivity index (χ1) is 12.8. The van der Waals surface area contributed by atoms with E-state index in [1.54, 1.807) is 13.2 Å². The van der Waals surface area contributed by atoms with Gasteiger partial charge in [0.05, 0.1) is 31.4 Å². The van der Waals surface area contributed by atoms with Crippen molar-refractivity contribution in [3.8, 4) is 5.75 Å². The SMILES string of the molecule is COc1ccccc1C1C(C(=O)CC(C)C)=C(O)C(=O)N1CCOC(C)C. The number of methoxy groups -OCH3 is 1. The Balaban J connectivity index is 2.46. The maximum atomic E-state index is 12.9. The van der Waals surface area contributed by atoms with E-state index < -0.39 is 17.7 Å². The van der Waals surface area contributed by atoms with Crippen molar-refractivity contribution in [2.45, 2.75) is 46.3 Å². The number of Topliss-reactive ketones (excluding diaryl/α,β-unsaturated/α-hetero) is 1. The lowest BCUT2D eigenvalue weighted by Crippen LogP contribution is -2.34. The third-order valence-electron chi connectivity index (χ3n) is 4.41. The van der Waals surface area contributed by atoms with Crippen LogP contribution in [0.15, 0.2) is 35.6 Å². The van der Waals surface area contributed by atoms with Crippen LogP contribution in [0.2, 0.25) is 0 Å². The number of carbonyl (C=O) groups is 2. The lowest BCUT2D eigenvalue weighted by Gasteiger charge is -2.28. The second kappa shape index (κ2) is 9.04. The number of hydrogen-bond donors (Lipinski definition) is 1. The molecule has 1 aliphatic rings. The number of hydrogen-bond acceptors (Lipinski definition) is 5. The van der Waals surface area contributed by atoms with Crippen LogP contribution < -0.4 is 4.74 Å². The fourth-order valence-corrected chi connectivity index (χ4v) is 3.25. The normalized spacial score (nSPS) is 17.4. The Labute approximate surface area is 160 Å². The number of carbonyl (C=O) groups excluding carboxylic acids is 2. The number of aliphatic hydroxyl groups excluding tert-OH is 1. The Morgan fingerprint density at radius 1 is 1.22 bits per heavy atom. The summed E-state index contributed by atoms with van der Waals surface area (Å²) in [7, 11) is 1.54. The first-order valence-electron chi connectivity index (χ1n) is 9.29. The Morgan fingerprint density at radius 3 is 2.48 bits per heavy atom. The van der Waals surface area contributed by atoms with Crippen LogP contribution in [0.1, 0.15) is 45.7 Å². The van der Waals surface area contributed by atoms with Crippen molar-refractivity contribution in [1.29, 1.82) is 0 Å². The van der Waals surface area contributed by atoms with Crippen LogP contribution in [0.5, 0.6) is 5.75 Å². The molecule has 27 heavy (non-hydrogen) atoms. The van der Waals surface area contributed by atoms with Crippen LogP contribution >= 0.6 is 0 Å². The smallest absolute Gasteiger partial charge is 0.290 e. The highest BCUT2D eigenvalue weighted by Crippen LogP contribution is 2.41. The van der Waals surface area contributed by atoms with Gasteiger partial charge in [-0.05, 0) is 25.8 Å². The van der Waals surface area contributed by atoms with Gasteiger partial charge in [0.25, 0.3) is 5.91 Å². The van der Waals surface area contributed by atoms with E-state index in [2.05, 4.69) is 0 Å². The molecule has 0 radical (unpaired) electrons. The summed E-state index contributed by atoms with van der Waals surface area (Å²) >= 11 is 0. The minimum absolute atomic E-state index is 0.0241. The second-order valence-electron chi connectivity index (χ2n) is 7.35. The van der Waals surface area contributed by atoms with E-state index >= 15 is 0 Å². The van der Waals surface area contributed by atoms with E-state index in [1.807, 2.05) is 45.9 Å². The molecule has 1 amide bonds. The highest BCUT2D eigenvalue weighted by Gasteiger charge is 2.44. The zero-order valence-corrected chi connectivity index (χ0v) is 16.7. The highest BCUT2D eigenvalue weighted by atomic mass is 16.5. The molecule has 0 bridgehead atoms. The molecule has 1 heterocycles. The van der Waals surface area contributed by atoms with Crippen LogP contribution in [-0.2, 0) is 14.3 Å². The number of aliphatic hydroxyl groups is 1. The van der Waals surface area contributed by atoms with E-state index in [0.717, 1.165) is 0 Å². The van der Waals surface area contributed by atoms with Gasteiger partial charge < -0.3 is 19.5 Å². The van der Waals surface area contributed by atoms with Crippen LogP contribution in [0.25, 0.3) is 0 Å². The Hall–Kier alpha value is -2.34. The maximum Gasteiger partial charge on any atom is 0.290 e. The summed E-state index contributed by atoms with van der Waals surface area (Å²) in [5.74, 6) is -0.565. The molecule has 6 heteroatoms. The molecular formula is C21H29NO5. The molecule has 0 aromatic heterocycles. The summed E-state index contributed by atoms with van der Waals surface area (Å²) in [5.41, 5.74) is 0.816. The summed E-state index contributed by atoms with van der Waals surface area (Å²) in [5, 5.41) is 10.5. The largest absolute Gasteiger partial charge is 0.503 e. The minimum atomic E-state index is -0.685. The maximum absolute atomic E-state index is 12.9. The van der Waals surface area contributed by atoms with Crippen LogP contribution in [0.3, 0.4) is 0 Å². The predicted molar refractivity (Wildman–Crippen MR) is 103 cm³/mol. The van der Waals surface area contributed by atoms with Gasteiger partial charge >= 0.3 is 0 Å². The van der Waals surface area contributed by atoms with E-state index in [0.29, 0.717) is 17.9 Å². The first kappa shape index (κ1) is 21.0. The van der Waals surface area contributed by atoms with Crippen molar-refractivity contribution in [3.05, 3.63) is 41.2 Å². The summed E-state index contributed by atoms with van der Waals surface area (Å²) in [6.07, 6.45) is 0.283. The van der Waals surface area contributed by atoms with Crippen LogP contribution in [0, 0.1) is 5.92 Å². The average Bonchev–Trinajstić information content (AvgIpc) is 2.85. The number of para-hydroxylation sites is 1. The van der Waals surface area contributed by atoms with Crippen molar-refractivity contribution in [2.24, 2.45) is 5.92 Å². The molecule has 0 fully saturated rings. The number of amides is 1. The third-order valence-corrected chi connectivity index (χ3v) is 4.41. The summed E-state index contributed by atoms with van der Waals surface area (Å²) in [6.45, 7) is 8.27. The highest BCUT2D eigenvalue weighted by molar-refractivity contribution is 6.09. The number of nitrogens with zero attached hydrogens (tertiary/aromatic N) is 1. The first-order valence-corrected chi connectivity index (χ1v) is 9.29. The number of benzene rings is 1. The molecule has 0 spiro atoms. The quantitative estimate of drug-likeness (QED) is 0.716. The molecule has 148 valence electrons. The van der Waals surface area contributed by atoms with E-state index in [1.165, 1.54) is 4.90 Å². The molecule has 0 saturated carbocycles. The topological polar surface area (TPSA) is 76.1 Å². The van der Waals surface area contributed by atoms with Gasteiger partial charge in [-0.2, -0.15) is 0 Å². The van der Waals surface area contributed by atoms with Gasteiger partial charge in [-0.3, -0.25) is 9.59 Å². The van der Waals surface area contributed by atoms with Gasteiger partial charge in [0, 0.05) is 18.5 Å². The Kier molecular flexibility index (Phi) is 7.02. The van der Waals surface area contributed by atoms with Crippen molar-refractivity contribution in [2.75, 3.05) is 20.3 Å². The van der Waals surface area contributed by atoms with E-state index in [4.69, 9.17) is 9.47 Å². The molecule has 6 nitrogen and oxygen atoms in total. The van der Waals surface area contributed by atoms with E-state index in [9.17, 15) is 14.7 Å². The van der Waals surface area contributed by atoms with Crippen molar-refractivity contribution < 1.29 is 24.2 Å². The fraction of sp³-hybridized carbons (Fsp3) is 0.524.